The molecule has 1 N–H and O–H groups in total. The fourth-order valence-electron chi connectivity index (χ4n) is 4.38. The average molecular weight is 325 g/mol. The first-order valence-electron chi connectivity index (χ1n) is 8.56. The molecule has 1 spiro atoms. The lowest BCUT2D eigenvalue weighted by molar-refractivity contribution is -0.184. The first-order chi connectivity index (χ1) is 10.8. The predicted octanol–water partition coefficient (Wildman–Crippen LogP) is 2.26. The average Bonchev–Trinajstić information content (AvgIpc) is 3.01. The summed E-state index contributed by atoms with van der Waals surface area (Å²) in [6.07, 6.45) is 4.06. The van der Waals surface area contributed by atoms with Crippen molar-refractivity contribution in [1.82, 2.24) is 5.32 Å². The van der Waals surface area contributed by atoms with Crippen LogP contribution in [0.25, 0.3) is 0 Å². The van der Waals surface area contributed by atoms with Crippen molar-refractivity contribution in [3.8, 4) is 0 Å². The largest absolute Gasteiger partial charge is 0.444 e. The van der Waals surface area contributed by atoms with Crippen LogP contribution in [0.5, 0.6) is 0 Å². The van der Waals surface area contributed by atoms with E-state index in [9.17, 15) is 9.59 Å². The summed E-state index contributed by atoms with van der Waals surface area (Å²) in [5.74, 6) is -0.310. The van der Waals surface area contributed by atoms with Gasteiger partial charge < -0.3 is 24.3 Å². The smallest absolute Gasteiger partial charge is 0.407 e. The van der Waals surface area contributed by atoms with Crippen molar-refractivity contribution in [2.75, 3.05) is 13.2 Å². The Morgan fingerprint density at radius 2 is 1.96 bits per heavy atom. The molecule has 1 amide bonds. The summed E-state index contributed by atoms with van der Waals surface area (Å²) < 4.78 is 17.0. The van der Waals surface area contributed by atoms with Crippen LogP contribution in [-0.4, -0.2) is 43.0 Å². The van der Waals surface area contributed by atoms with Gasteiger partial charge in [-0.15, -0.1) is 0 Å². The van der Waals surface area contributed by atoms with E-state index in [1.807, 2.05) is 20.8 Å². The maximum Gasteiger partial charge on any atom is 0.407 e. The van der Waals surface area contributed by atoms with E-state index in [0.717, 1.165) is 32.0 Å². The lowest BCUT2D eigenvalue weighted by Crippen LogP contribution is -2.44. The third-order valence-electron chi connectivity index (χ3n) is 5.21. The van der Waals surface area contributed by atoms with Gasteiger partial charge >= 0.3 is 6.09 Å². The third-order valence-corrected chi connectivity index (χ3v) is 5.21. The SMILES string of the molecule is CC(C)(C)OC(=O)NC1CC[C@H]2CC3(OCCO3)[C@@H](C=O)[C@@H]2C1. The second kappa shape index (κ2) is 6.06. The second-order valence-corrected chi connectivity index (χ2v) is 7.95. The van der Waals surface area contributed by atoms with E-state index in [2.05, 4.69) is 5.32 Å². The zero-order chi connectivity index (χ0) is 16.7. The fourth-order valence-corrected chi connectivity index (χ4v) is 4.38. The number of hydrogen-bond donors (Lipinski definition) is 1. The van der Waals surface area contributed by atoms with Crippen LogP contribution < -0.4 is 5.32 Å². The zero-order valence-electron chi connectivity index (χ0n) is 14.2. The first kappa shape index (κ1) is 16.7. The van der Waals surface area contributed by atoms with E-state index in [1.165, 1.54) is 0 Å². The minimum absolute atomic E-state index is 0.0464. The Morgan fingerprint density at radius 3 is 2.57 bits per heavy atom. The Labute approximate surface area is 137 Å². The number of hydrogen-bond acceptors (Lipinski definition) is 5. The Bertz CT molecular complexity index is 466. The summed E-state index contributed by atoms with van der Waals surface area (Å²) in [5, 5.41) is 2.95. The van der Waals surface area contributed by atoms with Crippen LogP contribution in [-0.2, 0) is 19.0 Å². The number of aldehydes is 1. The molecule has 4 atom stereocenters. The highest BCUT2D eigenvalue weighted by Gasteiger charge is 2.58. The quantitative estimate of drug-likeness (QED) is 0.788. The number of amides is 1. The molecule has 130 valence electrons. The molecule has 3 rings (SSSR count). The van der Waals surface area contributed by atoms with Crippen molar-refractivity contribution in [3.05, 3.63) is 0 Å². The van der Waals surface area contributed by atoms with E-state index in [-0.39, 0.29) is 24.0 Å². The molecule has 2 aliphatic carbocycles. The molecule has 1 heterocycles. The molecule has 0 radical (unpaired) electrons. The van der Waals surface area contributed by atoms with Gasteiger partial charge in [0.05, 0.1) is 19.1 Å². The van der Waals surface area contributed by atoms with Crippen molar-refractivity contribution in [1.29, 1.82) is 0 Å². The molecule has 0 aromatic heterocycles. The highest BCUT2D eigenvalue weighted by atomic mass is 16.7. The van der Waals surface area contributed by atoms with E-state index in [0.29, 0.717) is 19.1 Å². The number of ether oxygens (including phenoxy) is 3. The van der Waals surface area contributed by atoms with Crippen LogP contribution in [0.15, 0.2) is 0 Å². The zero-order valence-corrected chi connectivity index (χ0v) is 14.2. The molecule has 3 fully saturated rings. The van der Waals surface area contributed by atoms with Crippen molar-refractivity contribution in [2.24, 2.45) is 17.8 Å². The highest BCUT2D eigenvalue weighted by molar-refractivity contribution is 5.68. The molecular formula is C17H27NO5. The van der Waals surface area contributed by atoms with Crippen LogP contribution in [0.3, 0.4) is 0 Å². The Balaban J connectivity index is 1.63. The van der Waals surface area contributed by atoms with E-state index < -0.39 is 11.4 Å². The molecule has 2 saturated carbocycles. The Kier molecular flexibility index (Phi) is 4.40. The standard InChI is InChI=1S/C17H27NO5/c1-16(2,3)23-15(20)18-12-5-4-11-9-17(21-6-7-22-17)14(10-19)13(11)8-12/h10-14H,4-9H2,1-3H3,(H,18,20)/t11-,12?,13+,14-/m0/s1. The summed E-state index contributed by atoms with van der Waals surface area (Å²) >= 11 is 0. The number of carbonyl (C=O) groups is 2. The van der Waals surface area contributed by atoms with Gasteiger partial charge in [0, 0.05) is 12.5 Å². The van der Waals surface area contributed by atoms with Gasteiger partial charge in [0.15, 0.2) is 5.79 Å². The van der Waals surface area contributed by atoms with Crippen LogP contribution in [0.2, 0.25) is 0 Å². The lowest BCUT2D eigenvalue weighted by atomic mass is 9.76. The fraction of sp³-hybridized carbons (Fsp3) is 0.882. The van der Waals surface area contributed by atoms with E-state index in [1.54, 1.807) is 0 Å². The molecule has 1 aliphatic heterocycles. The van der Waals surface area contributed by atoms with Gasteiger partial charge in [-0.1, -0.05) is 0 Å². The van der Waals surface area contributed by atoms with Crippen molar-refractivity contribution in [2.45, 2.75) is 63.9 Å². The van der Waals surface area contributed by atoms with Crippen molar-refractivity contribution in [3.63, 3.8) is 0 Å². The van der Waals surface area contributed by atoms with Crippen LogP contribution in [0.1, 0.15) is 46.5 Å². The number of carbonyl (C=O) groups excluding carboxylic acids is 2. The normalized spacial score (nSPS) is 35.8. The molecule has 1 unspecified atom stereocenters. The number of nitrogens with one attached hydrogen (secondary N) is 1. The predicted molar refractivity (Wildman–Crippen MR) is 82.8 cm³/mol. The second-order valence-electron chi connectivity index (χ2n) is 7.95. The van der Waals surface area contributed by atoms with Gasteiger partial charge in [-0.25, -0.2) is 4.79 Å². The molecule has 3 aliphatic rings. The minimum atomic E-state index is -0.710. The summed E-state index contributed by atoms with van der Waals surface area (Å²) in [7, 11) is 0. The molecule has 0 aromatic carbocycles. The summed E-state index contributed by atoms with van der Waals surface area (Å²) in [6, 6.07) is 0.0464. The Morgan fingerprint density at radius 1 is 1.26 bits per heavy atom. The highest BCUT2D eigenvalue weighted by Crippen LogP contribution is 2.53. The van der Waals surface area contributed by atoms with E-state index in [4.69, 9.17) is 14.2 Å². The third kappa shape index (κ3) is 3.38. The minimum Gasteiger partial charge on any atom is -0.444 e. The molecule has 1 saturated heterocycles. The van der Waals surface area contributed by atoms with Gasteiger partial charge in [0.2, 0.25) is 0 Å². The van der Waals surface area contributed by atoms with Crippen molar-refractivity contribution < 1.29 is 23.8 Å². The van der Waals surface area contributed by atoms with Gasteiger partial charge in [-0.3, -0.25) is 0 Å². The Hall–Kier alpha value is -1.14. The van der Waals surface area contributed by atoms with Gasteiger partial charge in [0.1, 0.15) is 11.9 Å². The molecule has 0 bridgehead atoms. The monoisotopic (exact) mass is 325 g/mol. The van der Waals surface area contributed by atoms with Crippen LogP contribution in [0, 0.1) is 17.8 Å². The molecular weight excluding hydrogens is 298 g/mol. The maximum atomic E-state index is 12.0. The molecule has 23 heavy (non-hydrogen) atoms. The summed E-state index contributed by atoms with van der Waals surface area (Å²) in [5.41, 5.74) is -0.504. The van der Waals surface area contributed by atoms with E-state index >= 15 is 0 Å². The summed E-state index contributed by atoms with van der Waals surface area (Å²) in [6.45, 7) is 6.66. The topological polar surface area (TPSA) is 73.9 Å². The summed E-state index contributed by atoms with van der Waals surface area (Å²) in [4.78, 5) is 23.6. The lowest BCUT2D eigenvalue weighted by Gasteiger charge is -2.34. The number of fused-ring (bicyclic) bond motifs is 1. The molecule has 6 heteroatoms. The van der Waals surface area contributed by atoms with Crippen molar-refractivity contribution >= 4 is 12.4 Å². The first-order valence-corrected chi connectivity index (χ1v) is 8.56. The van der Waals surface area contributed by atoms with Crippen LogP contribution >= 0.6 is 0 Å². The molecule has 0 aromatic rings. The van der Waals surface area contributed by atoms with Gasteiger partial charge in [0.25, 0.3) is 0 Å². The van der Waals surface area contributed by atoms with Gasteiger partial charge in [-0.2, -0.15) is 0 Å². The molecule has 6 nitrogen and oxygen atoms in total. The number of alkyl carbamates (subject to hydrolysis) is 1. The van der Waals surface area contributed by atoms with Crippen LogP contribution in [0.4, 0.5) is 4.79 Å². The van der Waals surface area contributed by atoms with Gasteiger partial charge in [-0.05, 0) is 51.9 Å². The number of rotatable bonds is 2. The maximum absolute atomic E-state index is 12.0.